The molecule has 8 heteroatoms. The van der Waals surface area contributed by atoms with E-state index in [2.05, 4.69) is 20.7 Å². The van der Waals surface area contributed by atoms with Gasteiger partial charge in [0.15, 0.2) is 5.16 Å². The Balaban J connectivity index is 2.80. The predicted molar refractivity (Wildman–Crippen MR) is 78.2 cm³/mol. The molecule has 0 atom stereocenters. The van der Waals surface area contributed by atoms with Gasteiger partial charge in [-0.25, -0.2) is 15.8 Å². The van der Waals surface area contributed by atoms with Gasteiger partial charge in [0.05, 0.1) is 6.54 Å². The third-order valence-electron chi connectivity index (χ3n) is 2.24. The molecule has 0 aromatic carbocycles. The second-order valence-corrected chi connectivity index (χ2v) is 5.09. The number of rotatable bonds is 6. The van der Waals surface area contributed by atoms with E-state index in [0.29, 0.717) is 16.8 Å². The molecule has 0 aliphatic heterocycles. The Labute approximate surface area is 117 Å². The number of hydrogen-bond acceptors (Lipinski definition) is 7. The monoisotopic (exact) mass is 284 g/mol. The maximum Gasteiger partial charge on any atom is 0.239 e. The van der Waals surface area contributed by atoms with Crippen molar-refractivity contribution >= 4 is 29.3 Å². The van der Waals surface area contributed by atoms with E-state index in [-0.39, 0.29) is 18.5 Å². The summed E-state index contributed by atoms with van der Waals surface area (Å²) in [6.45, 7) is 4.07. The molecule has 0 spiro atoms. The van der Waals surface area contributed by atoms with Gasteiger partial charge in [0.25, 0.3) is 0 Å². The van der Waals surface area contributed by atoms with Crippen LogP contribution in [0.2, 0.25) is 0 Å². The zero-order chi connectivity index (χ0) is 14.4. The van der Waals surface area contributed by atoms with Crippen LogP contribution in [-0.4, -0.2) is 41.8 Å². The molecule has 0 aliphatic rings. The number of thioether (sulfide) groups is 1. The summed E-state index contributed by atoms with van der Waals surface area (Å²) >= 11 is 1.41. The molecule has 1 heterocycles. The quantitative estimate of drug-likeness (QED) is 0.302. The van der Waals surface area contributed by atoms with Gasteiger partial charge in [-0.1, -0.05) is 11.8 Å². The number of likely N-dealkylation sites (N-methyl/N-ethyl adjacent to an activating group) is 1. The van der Waals surface area contributed by atoms with Crippen LogP contribution in [0.1, 0.15) is 13.8 Å². The second kappa shape index (κ2) is 7.15. The molecule has 0 saturated carbocycles. The van der Waals surface area contributed by atoms with Crippen LogP contribution in [0, 0.1) is 0 Å². The molecule has 1 aromatic heterocycles. The molecule has 19 heavy (non-hydrogen) atoms. The lowest BCUT2D eigenvalue weighted by Crippen LogP contribution is -2.38. The van der Waals surface area contributed by atoms with Gasteiger partial charge >= 0.3 is 0 Å². The molecule has 1 amide bonds. The number of carbonyl (C=O) groups is 1. The molecule has 0 unspecified atom stereocenters. The standard InChI is InChI=1S/C11H20N6OS/c1-7(2)13-10(18)6-17(3)9-5-8(16-12)14-11(15-9)19-4/h5,7H,6,12H2,1-4H3,(H,13,18)(H,14,15,16). The first-order valence-corrected chi connectivity index (χ1v) is 7.09. The summed E-state index contributed by atoms with van der Waals surface area (Å²) in [7, 11) is 1.80. The highest BCUT2D eigenvalue weighted by atomic mass is 32.2. The molecule has 0 bridgehead atoms. The normalized spacial score (nSPS) is 10.4. The summed E-state index contributed by atoms with van der Waals surface area (Å²) in [6.07, 6.45) is 1.88. The van der Waals surface area contributed by atoms with Crippen LogP contribution in [0.25, 0.3) is 0 Å². The molecular weight excluding hydrogens is 264 g/mol. The van der Waals surface area contributed by atoms with Gasteiger partial charge in [-0.15, -0.1) is 0 Å². The van der Waals surface area contributed by atoms with Crippen LogP contribution < -0.4 is 21.5 Å². The highest BCUT2D eigenvalue weighted by Gasteiger charge is 2.12. The van der Waals surface area contributed by atoms with Crippen LogP contribution in [-0.2, 0) is 4.79 Å². The Hall–Kier alpha value is -1.54. The minimum Gasteiger partial charge on any atom is -0.352 e. The fraction of sp³-hybridized carbons (Fsp3) is 0.545. The smallest absolute Gasteiger partial charge is 0.239 e. The predicted octanol–water partition coefficient (Wildman–Crippen LogP) is 0.445. The summed E-state index contributed by atoms with van der Waals surface area (Å²) in [4.78, 5) is 22.0. The number of amides is 1. The second-order valence-electron chi connectivity index (χ2n) is 4.32. The number of nitrogens with zero attached hydrogens (tertiary/aromatic N) is 3. The summed E-state index contributed by atoms with van der Waals surface area (Å²) in [5.41, 5.74) is 2.49. The molecule has 0 saturated heterocycles. The number of nitrogen functional groups attached to an aromatic ring is 1. The summed E-state index contributed by atoms with van der Waals surface area (Å²) < 4.78 is 0. The lowest BCUT2D eigenvalue weighted by molar-refractivity contribution is -0.120. The topological polar surface area (TPSA) is 96.2 Å². The molecule has 4 N–H and O–H groups in total. The molecule has 0 fully saturated rings. The first-order chi connectivity index (χ1) is 8.96. The van der Waals surface area contributed by atoms with Gasteiger partial charge in [-0.05, 0) is 20.1 Å². The number of anilines is 2. The molecule has 0 radical (unpaired) electrons. The van der Waals surface area contributed by atoms with E-state index in [9.17, 15) is 4.79 Å². The van der Waals surface area contributed by atoms with Crippen molar-refractivity contribution < 1.29 is 4.79 Å². The SMILES string of the molecule is CSc1nc(NN)cc(N(C)CC(=O)NC(C)C)n1. The van der Waals surface area contributed by atoms with Crippen molar-refractivity contribution in [3.05, 3.63) is 6.07 Å². The Morgan fingerprint density at radius 1 is 1.53 bits per heavy atom. The van der Waals surface area contributed by atoms with Crippen molar-refractivity contribution in [2.45, 2.75) is 25.0 Å². The zero-order valence-corrected chi connectivity index (χ0v) is 12.4. The van der Waals surface area contributed by atoms with Gasteiger partial charge in [0.2, 0.25) is 5.91 Å². The number of aromatic nitrogens is 2. The zero-order valence-electron chi connectivity index (χ0n) is 11.6. The third-order valence-corrected chi connectivity index (χ3v) is 2.79. The minimum absolute atomic E-state index is 0.0518. The molecular formula is C11H20N6OS. The highest BCUT2D eigenvalue weighted by Crippen LogP contribution is 2.18. The Kier molecular flexibility index (Phi) is 5.84. The van der Waals surface area contributed by atoms with Crippen molar-refractivity contribution in [3.63, 3.8) is 0 Å². The Morgan fingerprint density at radius 2 is 2.21 bits per heavy atom. The van der Waals surface area contributed by atoms with E-state index in [1.807, 2.05) is 20.1 Å². The van der Waals surface area contributed by atoms with E-state index in [0.717, 1.165) is 0 Å². The van der Waals surface area contributed by atoms with Crippen molar-refractivity contribution in [1.29, 1.82) is 0 Å². The highest BCUT2D eigenvalue weighted by molar-refractivity contribution is 7.98. The summed E-state index contributed by atoms with van der Waals surface area (Å²) in [5, 5.41) is 3.43. The number of carbonyl (C=O) groups excluding carboxylic acids is 1. The van der Waals surface area contributed by atoms with Crippen molar-refractivity contribution in [2.75, 3.05) is 30.2 Å². The van der Waals surface area contributed by atoms with Crippen LogP contribution in [0.3, 0.4) is 0 Å². The van der Waals surface area contributed by atoms with Gasteiger partial charge in [-0.3, -0.25) is 4.79 Å². The fourth-order valence-electron chi connectivity index (χ4n) is 1.44. The molecule has 0 aliphatic carbocycles. The number of hydrogen-bond donors (Lipinski definition) is 3. The fourth-order valence-corrected chi connectivity index (χ4v) is 1.81. The van der Waals surface area contributed by atoms with Gasteiger partial charge in [0.1, 0.15) is 11.6 Å². The maximum absolute atomic E-state index is 11.7. The Bertz CT molecular complexity index is 417. The minimum atomic E-state index is -0.0518. The molecule has 106 valence electrons. The van der Waals surface area contributed by atoms with Gasteiger partial charge in [-0.2, -0.15) is 0 Å². The van der Waals surface area contributed by atoms with E-state index >= 15 is 0 Å². The van der Waals surface area contributed by atoms with E-state index < -0.39 is 0 Å². The molecule has 1 aromatic rings. The van der Waals surface area contributed by atoms with Crippen molar-refractivity contribution in [2.24, 2.45) is 5.84 Å². The van der Waals surface area contributed by atoms with Crippen LogP contribution in [0.4, 0.5) is 11.6 Å². The average Bonchev–Trinajstić information content (AvgIpc) is 2.36. The lowest BCUT2D eigenvalue weighted by atomic mass is 10.3. The van der Waals surface area contributed by atoms with Crippen LogP contribution in [0.5, 0.6) is 0 Å². The first kappa shape index (κ1) is 15.5. The summed E-state index contributed by atoms with van der Waals surface area (Å²) in [5.74, 6) is 6.47. The van der Waals surface area contributed by atoms with E-state index in [1.54, 1.807) is 18.0 Å². The third kappa shape index (κ3) is 4.92. The number of nitrogens with two attached hydrogens (primary N) is 1. The van der Waals surface area contributed by atoms with E-state index in [4.69, 9.17) is 5.84 Å². The van der Waals surface area contributed by atoms with Gasteiger partial charge < -0.3 is 15.6 Å². The number of hydrazine groups is 1. The molecule has 7 nitrogen and oxygen atoms in total. The molecule has 1 rings (SSSR count). The summed E-state index contributed by atoms with van der Waals surface area (Å²) in [6, 6.07) is 1.82. The van der Waals surface area contributed by atoms with Crippen molar-refractivity contribution in [3.8, 4) is 0 Å². The number of nitrogens with one attached hydrogen (secondary N) is 2. The van der Waals surface area contributed by atoms with Crippen molar-refractivity contribution in [1.82, 2.24) is 15.3 Å². The lowest BCUT2D eigenvalue weighted by Gasteiger charge is -2.19. The van der Waals surface area contributed by atoms with E-state index in [1.165, 1.54) is 11.8 Å². The average molecular weight is 284 g/mol. The van der Waals surface area contributed by atoms with Crippen LogP contribution >= 0.6 is 11.8 Å². The maximum atomic E-state index is 11.7. The van der Waals surface area contributed by atoms with Crippen LogP contribution in [0.15, 0.2) is 11.2 Å². The first-order valence-electron chi connectivity index (χ1n) is 5.86. The largest absolute Gasteiger partial charge is 0.352 e. The Morgan fingerprint density at radius 3 is 2.74 bits per heavy atom. The van der Waals surface area contributed by atoms with Gasteiger partial charge in [0, 0.05) is 19.2 Å².